The normalized spacial score (nSPS) is 20.7. The molecule has 1 heterocycles. The van der Waals surface area contributed by atoms with Crippen LogP contribution in [-0.4, -0.2) is 24.0 Å². The number of hydrogen-bond donors (Lipinski definition) is 1. The van der Waals surface area contributed by atoms with Crippen molar-refractivity contribution in [3.05, 3.63) is 30.2 Å². The van der Waals surface area contributed by atoms with Crippen molar-refractivity contribution >= 4 is 11.1 Å². The first-order valence-corrected chi connectivity index (χ1v) is 7.47. The molecule has 1 atom stereocenters. The molecule has 1 saturated carbocycles. The van der Waals surface area contributed by atoms with Crippen LogP contribution < -0.4 is 5.32 Å². The maximum atomic E-state index is 13.3. The van der Waals surface area contributed by atoms with Crippen LogP contribution in [-0.2, 0) is 6.42 Å². The van der Waals surface area contributed by atoms with E-state index in [1.54, 1.807) is 0 Å². The summed E-state index contributed by atoms with van der Waals surface area (Å²) in [6, 6.07) is 7.78. The molecule has 0 aliphatic heterocycles. The molecular formula is C16H20F2N2O. The predicted octanol–water partition coefficient (Wildman–Crippen LogP) is 3.78. The summed E-state index contributed by atoms with van der Waals surface area (Å²) in [4.78, 5) is 4.47. The molecule has 1 aliphatic carbocycles. The molecule has 2 aromatic rings. The van der Waals surface area contributed by atoms with Crippen molar-refractivity contribution in [2.75, 3.05) is 7.05 Å². The first-order valence-electron chi connectivity index (χ1n) is 7.47. The number of nitrogens with one attached hydrogen (secondary N) is 1. The highest BCUT2D eigenvalue weighted by Crippen LogP contribution is 2.38. The fourth-order valence-electron chi connectivity index (χ4n) is 3.16. The second-order valence-electron chi connectivity index (χ2n) is 5.87. The highest BCUT2D eigenvalue weighted by atomic mass is 19.3. The van der Waals surface area contributed by atoms with E-state index in [9.17, 15) is 8.78 Å². The van der Waals surface area contributed by atoms with E-state index < -0.39 is 5.92 Å². The molecule has 0 amide bonds. The average Bonchev–Trinajstić information content (AvgIpc) is 2.87. The predicted molar refractivity (Wildman–Crippen MR) is 77.5 cm³/mol. The van der Waals surface area contributed by atoms with Crippen LogP contribution in [0.4, 0.5) is 8.78 Å². The van der Waals surface area contributed by atoms with Gasteiger partial charge in [0.1, 0.15) is 5.52 Å². The Morgan fingerprint density at radius 3 is 2.71 bits per heavy atom. The lowest BCUT2D eigenvalue weighted by atomic mass is 9.81. The van der Waals surface area contributed by atoms with E-state index in [0.717, 1.165) is 11.1 Å². The first kappa shape index (κ1) is 14.4. The van der Waals surface area contributed by atoms with Gasteiger partial charge in [0.2, 0.25) is 5.92 Å². The van der Waals surface area contributed by atoms with Crippen LogP contribution in [0.5, 0.6) is 0 Å². The van der Waals surface area contributed by atoms with Crippen LogP contribution >= 0.6 is 0 Å². The van der Waals surface area contributed by atoms with Crippen molar-refractivity contribution < 1.29 is 13.2 Å². The van der Waals surface area contributed by atoms with Crippen LogP contribution in [0.25, 0.3) is 11.1 Å². The van der Waals surface area contributed by atoms with Crippen molar-refractivity contribution in [1.82, 2.24) is 10.3 Å². The standard InChI is InChI=1S/C16H20F2N2O/c1-19-13(11-6-8-16(17,18)9-7-11)10-15-20-12-4-2-3-5-14(12)21-15/h2-5,11,13,19H,6-10H2,1H3. The second kappa shape index (κ2) is 5.72. The molecular weight excluding hydrogens is 274 g/mol. The minimum atomic E-state index is -2.48. The van der Waals surface area contributed by atoms with E-state index in [0.29, 0.717) is 25.2 Å². The number of para-hydroxylation sites is 2. The van der Waals surface area contributed by atoms with Crippen molar-refractivity contribution in [2.24, 2.45) is 5.92 Å². The van der Waals surface area contributed by atoms with Gasteiger partial charge < -0.3 is 9.73 Å². The molecule has 0 spiro atoms. The summed E-state index contributed by atoms with van der Waals surface area (Å²) in [5.74, 6) is -1.55. The SMILES string of the molecule is CNC(Cc1nc2ccccc2o1)C1CCC(F)(F)CC1. The van der Waals surface area contributed by atoms with Crippen LogP contribution in [0.2, 0.25) is 0 Å². The molecule has 5 heteroatoms. The molecule has 3 rings (SSSR count). The third-order valence-corrected chi connectivity index (χ3v) is 4.43. The fraction of sp³-hybridized carbons (Fsp3) is 0.562. The second-order valence-corrected chi connectivity index (χ2v) is 5.87. The third-order valence-electron chi connectivity index (χ3n) is 4.43. The number of hydrogen-bond acceptors (Lipinski definition) is 3. The van der Waals surface area contributed by atoms with Gasteiger partial charge in [-0.25, -0.2) is 13.8 Å². The lowest BCUT2D eigenvalue weighted by molar-refractivity contribution is -0.0494. The largest absolute Gasteiger partial charge is 0.441 e. The summed E-state index contributed by atoms with van der Waals surface area (Å²) in [7, 11) is 1.88. The summed E-state index contributed by atoms with van der Waals surface area (Å²) < 4.78 is 32.3. The average molecular weight is 294 g/mol. The van der Waals surface area contributed by atoms with Crippen LogP contribution in [0.1, 0.15) is 31.6 Å². The zero-order valence-electron chi connectivity index (χ0n) is 12.1. The molecule has 1 unspecified atom stereocenters. The minimum Gasteiger partial charge on any atom is -0.441 e. The van der Waals surface area contributed by atoms with Crippen LogP contribution in [0.15, 0.2) is 28.7 Å². The van der Waals surface area contributed by atoms with Gasteiger partial charge in [0, 0.05) is 25.3 Å². The molecule has 21 heavy (non-hydrogen) atoms. The first-order chi connectivity index (χ1) is 10.1. The number of halogens is 2. The summed E-state index contributed by atoms with van der Waals surface area (Å²) in [5.41, 5.74) is 1.62. The zero-order chi connectivity index (χ0) is 14.9. The summed E-state index contributed by atoms with van der Waals surface area (Å²) >= 11 is 0. The van der Waals surface area contributed by atoms with Crippen molar-refractivity contribution in [2.45, 2.75) is 44.1 Å². The van der Waals surface area contributed by atoms with Gasteiger partial charge in [-0.3, -0.25) is 0 Å². The Labute approximate surface area is 122 Å². The number of likely N-dealkylation sites (N-methyl/N-ethyl adjacent to an activating group) is 1. The Kier molecular flexibility index (Phi) is 3.93. The number of alkyl halides is 2. The van der Waals surface area contributed by atoms with Gasteiger partial charge in [0.25, 0.3) is 0 Å². The van der Waals surface area contributed by atoms with Crippen LogP contribution in [0, 0.1) is 5.92 Å². The van der Waals surface area contributed by atoms with E-state index >= 15 is 0 Å². The van der Waals surface area contributed by atoms with Crippen molar-refractivity contribution in [3.63, 3.8) is 0 Å². The fourth-order valence-corrected chi connectivity index (χ4v) is 3.16. The van der Waals surface area contributed by atoms with E-state index in [2.05, 4.69) is 10.3 Å². The summed E-state index contributed by atoms with van der Waals surface area (Å²) in [5, 5.41) is 3.25. The zero-order valence-corrected chi connectivity index (χ0v) is 12.1. The number of aromatic nitrogens is 1. The summed E-state index contributed by atoms with van der Waals surface area (Å²) in [6.07, 6.45) is 1.73. The number of benzene rings is 1. The number of fused-ring (bicyclic) bond motifs is 1. The Hall–Kier alpha value is -1.49. The number of rotatable bonds is 4. The maximum absolute atomic E-state index is 13.3. The lowest BCUT2D eigenvalue weighted by Gasteiger charge is -2.33. The Bertz CT molecular complexity index is 568. The molecule has 114 valence electrons. The molecule has 3 nitrogen and oxygen atoms in total. The smallest absolute Gasteiger partial charge is 0.248 e. The molecule has 1 N–H and O–H groups in total. The van der Waals surface area contributed by atoms with Crippen molar-refractivity contribution in [1.29, 1.82) is 0 Å². The molecule has 1 fully saturated rings. The third kappa shape index (κ3) is 3.23. The molecule has 1 aromatic carbocycles. The van der Waals surface area contributed by atoms with Gasteiger partial charge in [-0.1, -0.05) is 12.1 Å². The van der Waals surface area contributed by atoms with Gasteiger partial charge in [-0.15, -0.1) is 0 Å². The number of oxazole rings is 1. The highest BCUT2D eigenvalue weighted by molar-refractivity contribution is 5.72. The number of nitrogens with zero attached hydrogens (tertiary/aromatic N) is 1. The molecule has 0 bridgehead atoms. The molecule has 0 radical (unpaired) electrons. The molecule has 0 saturated heterocycles. The van der Waals surface area contributed by atoms with Gasteiger partial charge in [0.05, 0.1) is 0 Å². The van der Waals surface area contributed by atoms with Gasteiger partial charge in [0.15, 0.2) is 11.5 Å². The van der Waals surface area contributed by atoms with E-state index in [1.807, 2.05) is 31.3 Å². The highest BCUT2D eigenvalue weighted by Gasteiger charge is 2.37. The lowest BCUT2D eigenvalue weighted by Crippen LogP contribution is -2.39. The van der Waals surface area contributed by atoms with Crippen LogP contribution in [0.3, 0.4) is 0 Å². The van der Waals surface area contributed by atoms with E-state index in [1.165, 1.54) is 0 Å². The Balaban J connectivity index is 1.69. The topological polar surface area (TPSA) is 38.1 Å². The van der Waals surface area contributed by atoms with Gasteiger partial charge >= 0.3 is 0 Å². The van der Waals surface area contributed by atoms with E-state index in [4.69, 9.17) is 4.42 Å². The quantitative estimate of drug-likeness (QED) is 0.932. The van der Waals surface area contributed by atoms with E-state index in [-0.39, 0.29) is 24.8 Å². The van der Waals surface area contributed by atoms with Gasteiger partial charge in [-0.2, -0.15) is 0 Å². The molecule has 1 aliphatic rings. The van der Waals surface area contributed by atoms with Gasteiger partial charge in [-0.05, 0) is 37.9 Å². The Morgan fingerprint density at radius 1 is 1.33 bits per heavy atom. The minimum absolute atomic E-state index is 0.0105. The maximum Gasteiger partial charge on any atom is 0.248 e. The molecule has 1 aromatic heterocycles. The van der Waals surface area contributed by atoms with Crippen molar-refractivity contribution in [3.8, 4) is 0 Å². The Morgan fingerprint density at radius 2 is 2.05 bits per heavy atom. The monoisotopic (exact) mass is 294 g/mol. The summed E-state index contributed by atoms with van der Waals surface area (Å²) in [6.45, 7) is 0.